The zero-order valence-corrected chi connectivity index (χ0v) is 53.9. The van der Waals surface area contributed by atoms with E-state index in [1.165, 1.54) is 48.5 Å². The molecule has 10 aromatic rings. The average Bonchev–Trinajstić information content (AvgIpc) is 1.34. The third-order valence-corrected chi connectivity index (χ3v) is 17.7. The predicted molar refractivity (Wildman–Crippen MR) is 357 cm³/mol. The number of aliphatic hydroxyl groups excluding tert-OH is 2. The van der Waals surface area contributed by atoms with Gasteiger partial charge in [-0.05, 0) is 77.7 Å². The molecule has 33 heteroatoms. The summed E-state index contributed by atoms with van der Waals surface area (Å²) in [6.07, 6.45) is -10.3. The minimum atomic E-state index is -1.49. The SMILES string of the molecule is O=C(O[C@@H]1Cc2c(O)cc(O)cc2O[C@@H]1c1cc(=O)c(O)c2c(O)c(O)cc([C@H]3Oc4cc(O)cc(O)c4C[C@H]3O)c2c1)c1cc(O)c(O)c(O)c1.O=C(O[C@@H]1Cc2c(O)cc(O)cc2O[C@@H]1c1cc(O)c(O)c(O)c1)c1cc(O)c(O)c(O)c1.Oc1cc(O)c2c(c1)O[C@H](c1ccc(O)c(O)c1)[C@H](O)C2. The van der Waals surface area contributed by atoms with Gasteiger partial charge in [-0.2, -0.15) is 0 Å². The summed E-state index contributed by atoms with van der Waals surface area (Å²) in [4.78, 5) is 39.5. The van der Waals surface area contributed by atoms with Crippen LogP contribution in [0.5, 0.6) is 149 Å². The molecule has 0 unspecified atom stereocenters. The highest BCUT2D eigenvalue weighted by atomic mass is 16.6. The first-order valence-electron chi connectivity index (χ1n) is 31.3. The number of phenolic OH excluding ortho intramolecular Hbond substituents is 21. The molecule has 0 aromatic heterocycles. The quantitative estimate of drug-likeness (QED) is 0.0539. The highest BCUT2D eigenvalue weighted by Crippen LogP contribution is 2.52. The number of carbonyl (C=O) groups is 2. The molecule has 0 spiro atoms. The molecule has 33 nitrogen and oxygen atoms in total. The summed E-state index contributed by atoms with van der Waals surface area (Å²) in [7, 11) is 0. The third-order valence-electron chi connectivity index (χ3n) is 17.7. The van der Waals surface area contributed by atoms with Crippen molar-refractivity contribution in [3.05, 3.63) is 187 Å². The summed E-state index contributed by atoms with van der Waals surface area (Å²) in [5.74, 6) is -14.9. The first-order chi connectivity index (χ1) is 50.1. The normalized spacial score (nSPS) is 18.8. The van der Waals surface area contributed by atoms with Crippen LogP contribution >= 0.6 is 0 Å². The second-order valence-electron chi connectivity index (χ2n) is 24.8. The number of hydrogen-bond donors (Lipinski definition) is 24. The molecule has 4 aliphatic heterocycles. The van der Waals surface area contributed by atoms with Crippen molar-refractivity contribution in [3.63, 3.8) is 0 Å². The van der Waals surface area contributed by atoms with Crippen molar-refractivity contribution < 1.29 is 161 Å². The number of ether oxygens (including phenoxy) is 6. The van der Waals surface area contributed by atoms with Gasteiger partial charge in [-0.1, -0.05) is 6.07 Å². The summed E-state index contributed by atoms with van der Waals surface area (Å²) in [5, 5.41) is 241. The Labute approximate surface area is 592 Å². The Kier molecular flexibility index (Phi) is 18.7. The molecule has 24 N–H and O–H groups in total. The number of carbonyl (C=O) groups excluding carboxylic acids is 2. The third kappa shape index (κ3) is 13.8. The molecule has 4 aliphatic rings. The number of esters is 2. The Bertz CT molecular complexity index is 5240. The standard InChI is InChI=1S/C36H28O16.C22H18O11.C15H14O6/c37-14-5-20(39)18-10-26(45)35(51-27(18)7-14)17-9-25(44)33(48)30-16(17)1-12(2-24(43)32(30)47)34-29(11-19-21(40)6-15(38)8-28(19)50-34)52-36(49)13-3-22(41)31(46)23(42)4-13;23-10-5-12(24)11-7-18(33-22(31)9-3-15(27)20(30)16(28)4-9)21(32-17(11)6-10)8-1-13(25)19(29)14(26)2-8;16-8-4-11(18)9-6-13(20)15(21-14(9)5-8)7-1-2-10(17)12(19)3-7/h1-9,26,29,34-35,37-42,44-46,48H,10-11H2,(H,43,47);1-6,18,21,23-30H,7H2;1-5,13,15-20H,6H2/t26-,29-,34-,35-;18-,21-;13-,15-/m111/s1. The molecule has 10 aromatic carbocycles. The minimum absolute atomic E-state index is 0.0344. The van der Waals surface area contributed by atoms with Crippen molar-refractivity contribution in [1.29, 1.82) is 0 Å². The van der Waals surface area contributed by atoms with E-state index in [2.05, 4.69) is 0 Å². The van der Waals surface area contributed by atoms with Crippen LogP contribution in [0.2, 0.25) is 0 Å². The van der Waals surface area contributed by atoms with E-state index in [0.29, 0.717) is 11.1 Å². The highest BCUT2D eigenvalue weighted by Gasteiger charge is 2.42. The molecule has 0 saturated heterocycles. The molecular weight excluding hydrogens is 1400 g/mol. The van der Waals surface area contributed by atoms with Crippen LogP contribution in [0, 0.1) is 0 Å². The highest BCUT2D eigenvalue weighted by molar-refractivity contribution is 5.98. The van der Waals surface area contributed by atoms with E-state index in [-0.39, 0.29) is 139 Å². The summed E-state index contributed by atoms with van der Waals surface area (Å²) in [6, 6.07) is 22.0. The number of fused-ring (bicyclic) bond motifs is 5. The molecule has 14 rings (SSSR count). The summed E-state index contributed by atoms with van der Waals surface area (Å²) < 4.78 is 34.7. The zero-order valence-electron chi connectivity index (χ0n) is 53.9. The van der Waals surface area contributed by atoms with Gasteiger partial charge in [0.05, 0.1) is 28.7 Å². The van der Waals surface area contributed by atoms with Crippen LogP contribution in [-0.2, 0) is 35.2 Å². The zero-order chi connectivity index (χ0) is 76.5. The first-order valence-corrected chi connectivity index (χ1v) is 31.3. The van der Waals surface area contributed by atoms with Crippen LogP contribution in [0.1, 0.15) is 89.6 Å². The number of aliphatic hydroxyl groups is 2. The molecule has 0 fully saturated rings. The van der Waals surface area contributed by atoms with Gasteiger partial charge < -0.3 is 151 Å². The fourth-order valence-electron chi connectivity index (χ4n) is 12.5. The van der Waals surface area contributed by atoms with E-state index in [0.717, 1.165) is 72.8 Å². The van der Waals surface area contributed by atoms with Crippen molar-refractivity contribution in [2.75, 3.05) is 0 Å². The van der Waals surface area contributed by atoms with Gasteiger partial charge in [-0.15, -0.1) is 0 Å². The van der Waals surface area contributed by atoms with Gasteiger partial charge >= 0.3 is 11.9 Å². The molecule has 0 saturated carbocycles. The Balaban J connectivity index is 0.000000165. The van der Waals surface area contributed by atoms with Crippen LogP contribution in [0.15, 0.2) is 126 Å². The largest absolute Gasteiger partial charge is 0.508 e. The molecule has 0 bridgehead atoms. The fourth-order valence-corrected chi connectivity index (χ4v) is 12.5. The van der Waals surface area contributed by atoms with Crippen LogP contribution in [0.3, 0.4) is 0 Å². The molecule has 0 aliphatic carbocycles. The topological polar surface area (TPSA) is 592 Å². The van der Waals surface area contributed by atoms with E-state index >= 15 is 0 Å². The second-order valence-corrected chi connectivity index (χ2v) is 24.8. The molecule has 4 heterocycles. The van der Waals surface area contributed by atoms with Crippen molar-refractivity contribution in [2.24, 2.45) is 0 Å². The lowest BCUT2D eigenvalue weighted by molar-refractivity contribution is -0.0192. The van der Waals surface area contributed by atoms with E-state index < -0.39 is 158 Å². The molecule has 8 atom stereocenters. The Morgan fingerprint density at radius 1 is 0.311 bits per heavy atom. The van der Waals surface area contributed by atoms with Gasteiger partial charge in [0.1, 0.15) is 87.3 Å². The number of phenols is 21. The molecular formula is C73H60O33. The van der Waals surface area contributed by atoms with Crippen molar-refractivity contribution in [3.8, 4) is 149 Å². The van der Waals surface area contributed by atoms with Crippen molar-refractivity contribution in [2.45, 2.75) is 74.5 Å². The van der Waals surface area contributed by atoms with Crippen molar-refractivity contribution in [1.82, 2.24) is 0 Å². The summed E-state index contributed by atoms with van der Waals surface area (Å²) >= 11 is 0. The van der Waals surface area contributed by atoms with Gasteiger partial charge in [-0.25, -0.2) is 9.59 Å². The van der Waals surface area contributed by atoms with Gasteiger partial charge in [0.25, 0.3) is 0 Å². The smallest absolute Gasteiger partial charge is 0.338 e. The first kappa shape index (κ1) is 71.6. The average molecular weight is 1470 g/mol. The maximum absolute atomic E-state index is 13.5. The lowest BCUT2D eigenvalue weighted by atomic mass is 9.90. The maximum Gasteiger partial charge on any atom is 0.338 e. The van der Waals surface area contributed by atoms with Gasteiger partial charge in [-0.3, -0.25) is 4.79 Å². The van der Waals surface area contributed by atoms with E-state index in [1.807, 2.05) is 0 Å². The lowest BCUT2D eigenvalue weighted by Crippen LogP contribution is -2.35. The van der Waals surface area contributed by atoms with Gasteiger partial charge in [0.2, 0.25) is 5.43 Å². The number of rotatable bonds is 8. The lowest BCUT2D eigenvalue weighted by Gasteiger charge is -2.34. The maximum atomic E-state index is 13.5. The van der Waals surface area contributed by atoms with E-state index in [9.17, 15) is 137 Å². The summed E-state index contributed by atoms with van der Waals surface area (Å²) in [5.41, 5.74) is -0.647. The predicted octanol–water partition coefficient (Wildman–Crippen LogP) is 6.97. The second kappa shape index (κ2) is 27.6. The van der Waals surface area contributed by atoms with Crippen LogP contribution < -0.4 is 24.4 Å². The van der Waals surface area contributed by atoms with E-state index in [1.54, 1.807) is 0 Å². The van der Waals surface area contributed by atoms with Crippen LogP contribution in [0.4, 0.5) is 0 Å². The van der Waals surface area contributed by atoms with Crippen LogP contribution in [0.25, 0.3) is 10.8 Å². The Morgan fingerprint density at radius 2 is 0.651 bits per heavy atom. The molecule has 0 amide bonds. The minimum Gasteiger partial charge on any atom is -0.508 e. The fraction of sp³-hybridized carbons (Fsp3) is 0.164. The number of aromatic hydroxyl groups is 22. The molecule has 0 radical (unpaired) electrons. The Hall–Kier alpha value is -14.2. The number of hydrogen-bond acceptors (Lipinski definition) is 33. The van der Waals surface area contributed by atoms with Crippen LogP contribution in [-0.4, -0.2) is 159 Å². The monoisotopic (exact) mass is 1460 g/mol. The van der Waals surface area contributed by atoms with E-state index in [4.69, 9.17) is 28.4 Å². The molecule has 550 valence electrons. The van der Waals surface area contributed by atoms with Crippen molar-refractivity contribution >= 4 is 22.7 Å². The summed E-state index contributed by atoms with van der Waals surface area (Å²) in [6.45, 7) is 0. The van der Waals surface area contributed by atoms with Gasteiger partial charge in [0.15, 0.2) is 98.8 Å². The Morgan fingerprint density at radius 3 is 1.06 bits per heavy atom. The number of benzene rings is 9. The molecule has 106 heavy (non-hydrogen) atoms. The van der Waals surface area contributed by atoms with Gasteiger partial charge in [0, 0.05) is 113 Å².